The van der Waals surface area contributed by atoms with E-state index in [4.69, 9.17) is 23.2 Å². The second kappa shape index (κ2) is 6.60. The summed E-state index contributed by atoms with van der Waals surface area (Å²) in [6.45, 7) is 1.98. The molecule has 20 heavy (non-hydrogen) atoms. The first-order valence-electron chi connectivity index (χ1n) is 6.05. The summed E-state index contributed by atoms with van der Waals surface area (Å²) >= 11 is 11.7. The zero-order valence-corrected chi connectivity index (χ0v) is 12.4. The molecule has 4 heteroatoms. The summed E-state index contributed by atoms with van der Waals surface area (Å²) in [4.78, 5) is 11.9. The van der Waals surface area contributed by atoms with Crippen LogP contribution in [-0.2, 0) is 0 Å². The summed E-state index contributed by atoms with van der Waals surface area (Å²) in [6, 6.07) is 12.6. The molecule has 0 bridgehead atoms. The van der Waals surface area contributed by atoms with Crippen LogP contribution in [0.2, 0.25) is 10.0 Å². The van der Waals surface area contributed by atoms with Crippen LogP contribution in [0.3, 0.4) is 0 Å². The lowest BCUT2D eigenvalue weighted by Gasteiger charge is -2.02. The summed E-state index contributed by atoms with van der Waals surface area (Å²) in [5.41, 5.74) is 2.55. The number of aryl methyl sites for hydroxylation is 1. The molecule has 0 radical (unpaired) electrons. The minimum atomic E-state index is -0.0578. The molecule has 102 valence electrons. The van der Waals surface area contributed by atoms with Crippen LogP contribution in [-0.4, -0.2) is 5.78 Å². The lowest BCUT2D eigenvalue weighted by Crippen LogP contribution is -1.96. The molecule has 0 unspecified atom stereocenters. The van der Waals surface area contributed by atoms with Crippen molar-refractivity contribution < 1.29 is 4.79 Å². The van der Waals surface area contributed by atoms with Gasteiger partial charge in [-0.25, -0.2) is 0 Å². The van der Waals surface area contributed by atoms with Crippen molar-refractivity contribution >= 4 is 34.7 Å². The SMILES string of the molecule is Cc1ccc(C(=O)C=CNc2ccc(Cl)c(Cl)c2)cc1. The number of benzene rings is 2. The van der Waals surface area contributed by atoms with Gasteiger partial charge >= 0.3 is 0 Å². The maximum absolute atomic E-state index is 11.9. The molecule has 2 aromatic rings. The maximum Gasteiger partial charge on any atom is 0.187 e. The normalized spacial score (nSPS) is 10.8. The smallest absolute Gasteiger partial charge is 0.187 e. The van der Waals surface area contributed by atoms with Crippen LogP contribution in [0.1, 0.15) is 15.9 Å². The van der Waals surface area contributed by atoms with Crippen molar-refractivity contribution in [1.82, 2.24) is 0 Å². The van der Waals surface area contributed by atoms with Crippen LogP contribution in [0.25, 0.3) is 0 Å². The van der Waals surface area contributed by atoms with Crippen molar-refractivity contribution in [1.29, 1.82) is 0 Å². The van der Waals surface area contributed by atoms with E-state index in [1.807, 2.05) is 19.1 Å². The Balaban J connectivity index is 2.00. The average molecular weight is 306 g/mol. The zero-order chi connectivity index (χ0) is 14.5. The highest BCUT2D eigenvalue weighted by atomic mass is 35.5. The Kier molecular flexibility index (Phi) is 4.83. The Morgan fingerprint density at radius 1 is 1.05 bits per heavy atom. The van der Waals surface area contributed by atoms with Gasteiger partial charge in [-0.15, -0.1) is 0 Å². The number of carbonyl (C=O) groups excluding carboxylic acids is 1. The highest BCUT2D eigenvalue weighted by molar-refractivity contribution is 6.42. The first kappa shape index (κ1) is 14.6. The Morgan fingerprint density at radius 3 is 2.40 bits per heavy atom. The first-order chi connectivity index (χ1) is 9.56. The molecule has 2 nitrogen and oxygen atoms in total. The number of allylic oxidation sites excluding steroid dienone is 1. The van der Waals surface area contributed by atoms with Crippen LogP contribution >= 0.6 is 23.2 Å². The molecule has 0 saturated carbocycles. The van der Waals surface area contributed by atoms with Crippen molar-refractivity contribution in [2.24, 2.45) is 0 Å². The molecule has 2 aromatic carbocycles. The largest absolute Gasteiger partial charge is 0.362 e. The number of halogens is 2. The van der Waals surface area contributed by atoms with Crippen LogP contribution in [0.15, 0.2) is 54.7 Å². The van der Waals surface area contributed by atoms with E-state index in [0.29, 0.717) is 15.6 Å². The van der Waals surface area contributed by atoms with E-state index in [1.165, 1.54) is 6.08 Å². The fraction of sp³-hybridized carbons (Fsp3) is 0.0625. The molecule has 0 aliphatic carbocycles. The number of hydrogen-bond donors (Lipinski definition) is 1. The molecule has 0 spiro atoms. The van der Waals surface area contributed by atoms with Crippen molar-refractivity contribution in [3.05, 3.63) is 75.9 Å². The van der Waals surface area contributed by atoms with Crippen molar-refractivity contribution in [3.8, 4) is 0 Å². The van der Waals surface area contributed by atoms with E-state index in [2.05, 4.69) is 5.32 Å². The van der Waals surface area contributed by atoms with Gasteiger partial charge in [0.05, 0.1) is 10.0 Å². The second-order valence-corrected chi connectivity index (χ2v) is 5.15. The third-order valence-electron chi connectivity index (χ3n) is 2.74. The van der Waals surface area contributed by atoms with Gasteiger partial charge in [-0.2, -0.15) is 0 Å². The van der Waals surface area contributed by atoms with Crippen LogP contribution in [0, 0.1) is 6.92 Å². The number of rotatable bonds is 4. The molecular weight excluding hydrogens is 293 g/mol. The molecule has 0 heterocycles. The molecule has 0 amide bonds. The average Bonchev–Trinajstić information content (AvgIpc) is 2.43. The van der Waals surface area contributed by atoms with Gasteiger partial charge in [0.25, 0.3) is 0 Å². The highest BCUT2D eigenvalue weighted by Gasteiger charge is 2.01. The number of anilines is 1. The van der Waals surface area contributed by atoms with Crippen molar-refractivity contribution in [2.45, 2.75) is 6.92 Å². The van der Waals surface area contributed by atoms with Gasteiger partial charge in [-0.05, 0) is 25.1 Å². The van der Waals surface area contributed by atoms with Gasteiger partial charge in [0.1, 0.15) is 0 Å². The predicted molar refractivity (Wildman–Crippen MR) is 84.7 cm³/mol. The Hall–Kier alpha value is -1.77. The molecule has 0 saturated heterocycles. The number of ketones is 1. The van der Waals surface area contributed by atoms with Gasteiger partial charge in [0, 0.05) is 23.5 Å². The molecule has 0 aliphatic rings. The third kappa shape index (κ3) is 3.86. The van der Waals surface area contributed by atoms with E-state index in [9.17, 15) is 4.79 Å². The molecule has 0 aromatic heterocycles. The Bertz CT molecular complexity index is 648. The minimum absolute atomic E-state index is 0.0578. The Morgan fingerprint density at radius 2 is 1.75 bits per heavy atom. The van der Waals surface area contributed by atoms with Crippen molar-refractivity contribution in [2.75, 3.05) is 5.32 Å². The third-order valence-corrected chi connectivity index (χ3v) is 3.48. The molecule has 1 N–H and O–H groups in total. The lowest BCUT2D eigenvalue weighted by molar-refractivity contribution is 0.104. The van der Waals surface area contributed by atoms with Crippen LogP contribution in [0.5, 0.6) is 0 Å². The summed E-state index contributed by atoms with van der Waals surface area (Å²) in [5, 5.41) is 3.94. The molecule has 2 rings (SSSR count). The lowest BCUT2D eigenvalue weighted by atomic mass is 10.1. The monoisotopic (exact) mass is 305 g/mol. The molecule has 0 aliphatic heterocycles. The predicted octanol–water partition coefficient (Wildman–Crippen LogP) is 5.11. The fourth-order valence-electron chi connectivity index (χ4n) is 1.61. The highest BCUT2D eigenvalue weighted by Crippen LogP contribution is 2.24. The van der Waals surface area contributed by atoms with E-state index in [-0.39, 0.29) is 5.78 Å². The van der Waals surface area contributed by atoms with Crippen LogP contribution < -0.4 is 5.32 Å². The molecule has 0 fully saturated rings. The van der Waals surface area contributed by atoms with Gasteiger partial charge in [0.2, 0.25) is 0 Å². The number of hydrogen-bond acceptors (Lipinski definition) is 2. The molecular formula is C16H13Cl2NO. The standard InChI is InChI=1S/C16H13Cl2NO/c1-11-2-4-12(5-3-11)16(20)8-9-19-13-6-7-14(17)15(18)10-13/h2-10,19H,1H3. The molecule has 0 atom stereocenters. The van der Waals surface area contributed by atoms with Gasteiger partial charge in [-0.1, -0.05) is 53.0 Å². The fourth-order valence-corrected chi connectivity index (χ4v) is 1.91. The van der Waals surface area contributed by atoms with Crippen LogP contribution in [0.4, 0.5) is 5.69 Å². The van der Waals surface area contributed by atoms with Gasteiger partial charge < -0.3 is 5.32 Å². The Labute approximate surface area is 128 Å². The number of carbonyl (C=O) groups is 1. The quantitative estimate of drug-likeness (QED) is 0.628. The van der Waals surface area contributed by atoms with E-state index in [0.717, 1.165) is 11.3 Å². The zero-order valence-electron chi connectivity index (χ0n) is 10.9. The minimum Gasteiger partial charge on any atom is -0.362 e. The van der Waals surface area contributed by atoms with Gasteiger partial charge in [0.15, 0.2) is 5.78 Å². The topological polar surface area (TPSA) is 29.1 Å². The van der Waals surface area contributed by atoms with Crippen molar-refractivity contribution in [3.63, 3.8) is 0 Å². The summed E-state index contributed by atoms with van der Waals surface area (Å²) in [6.07, 6.45) is 3.06. The van der Waals surface area contributed by atoms with E-state index >= 15 is 0 Å². The second-order valence-electron chi connectivity index (χ2n) is 4.34. The van der Waals surface area contributed by atoms with E-state index in [1.54, 1.807) is 36.5 Å². The van der Waals surface area contributed by atoms with Gasteiger partial charge in [-0.3, -0.25) is 4.79 Å². The summed E-state index contributed by atoms with van der Waals surface area (Å²) in [5.74, 6) is -0.0578. The maximum atomic E-state index is 11.9. The first-order valence-corrected chi connectivity index (χ1v) is 6.81. The van der Waals surface area contributed by atoms with E-state index < -0.39 is 0 Å². The summed E-state index contributed by atoms with van der Waals surface area (Å²) < 4.78 is 0. The number of nitrogens with one attached hydrogen (secondary N) is 1. The summed E-state index contributed by atoms with van der Waals surface area (Å²) in [7, 11) is 0.